The molecule has 1 heterocycles. The van der Waals surface area contributed by atoms with Crippen LogP contribution in [0.1, 0.15) is 34.7 Å². The Kier molecular flexibility index (Phi) is 7.83. The van der Waals surface area contributed by atoms with Crippen LogP contribution < -0.4 is 0 Å². The number of carbonyl (C=O) groups is 2. The second-order valence-electron chi connectivity index (χ2n) is 9.30. The summed E-state index contributed by atoms with van der Waals surface area (Å²) in [6, 6.07) is 10.7. The molecule has 1 amide bonds. The smallest absolute Gasteiger partial charge is 0.295 e. The second-order valence-corrected chi connectivity index (χ2v) is 11.5. The molecular formula is C26H33N3O5S. The number of nitrogens with zero attached hydrogens (tertiary/aromatic N) is 3. The van der Waals surface area contributed by atoms with Gasteiger partial charge in [-0.3, -0.25) is 9.59 Å². The van der Waals surface area contributed by atoms with Crippen LogP contribution in [0, 0.1) is 13.8 Å². The van der Waals surface area contributed by atoms with E-state index in [9.17, 15) is 23.1 Å². The maximum absolute atomic E-state index is 13.2. The van der Waals surface area contributed by atoms with E-state index >= 15 is 0 Å². The lowest BCUT2D eigenvalue weighted by atomic mass is 9.93. The van der Waals surface area contributed by atoms with Gasteiger partial charge in [-0.15, -0.1) is 0 Å². The first-order chi connectivity index (χ1) is 16.4. The van der Waals surface area contributed by atoms with Gasteiger partial charge in [0.1, 0.15) is 5.76 Å². The summed E-state index contributed by atoms with van der Waals surface area (Å²) in [7, 11) is 3.10. The van der Waals surface area contributed by atoms with E-state index in [-0.39, 0.29) is 21.8 Å². The number of aliphatic hydroxyl groups excluding tert-OH is 1. The van der Waals surface area contributed by atoms with E-state index in [2.05, 4.69) is 0 Å². The van der Waals surface area contributed by atoms with Crippen molar-refractivity contribution in [2.45, 2.75) is 31.2 Å². The van der Waals surface area contributed by atoms with E-state index in [0.29, 0.717) is 13.0 Å². The van der Waals surface area contributed by atoms with Crippen LogP contribution in [0.15, 0.2) is 52.9 Å². The average Bonchev–Trinajstić information content (AvgIpc) is 3.05. The number of likely N-dealkylation sites (tertiary alicyclic amines) is 1. The lowest BCUT2D eigenvalue weighted by Crippen LogP contribution is -2.32. The summed E-state index contributed by atoms with van der Waals surface area (Å²) in [4.78, 5) is 29.8. The summed E-state index contributed by atoms with van der Waals surface area (Å²) in [6.45, 7) is 5.04. The Morgan fingerprint density at radius 1 is 0.971 bits per heavy atom. The molecule has 1 fully saturated rings. The van der Waals surface area contributed by atoms with Crippen LogP contribution in [0.3, 0.4) is 0 Å². The van der Waals surface area contributed by atoms with Crippen LogP contribution >= 0.6 is 0 Å². The van der Waals surface area contributed by atoms with Crippen molar-refractivity contribution in [3.63, 3.8) is 0 Å². The van der Waals surface area contributed by atoms with Crippen molar-refractivity contribution >= 4 is 27.5 Å². The number of aryl methyl sites for hydroxylation is 2. The van der Waals surface area contributed by atoms with Crippen LogP contribution in [0.4, 0.5) is 0 Å². The number of amides is 1. The van der Waals surface area contributed by atoms with Gasteiger partial charge in [-0.1, -0.05) is 18.2 Å². The average molecular weight is 500 g/mol. The third-order valence-electron chi connectivity index (χ3n) is 6.30. The highest BCUT2D eigenvalue weighted by atomic mass is 32.2. The van der Waals surface area contributed by atoms with Crippen molar-refractivity contribution < 1.29 is 23.1 Å². The molecule has 1 atom stereocenters. The van der Waals surface area contributed by atoms with Gasteiger partial charge in [0.15, 0.2) is 0 Å². The molecule has 3 rings (SSSR count). The summed E-state index contributed by atoms with van der Waals surface area (Å²) < 4.78 is 25.9. The predicted octanol–water partition coefficient (Wildman–Crippen LogP) is 2.93. The maximum Gasteiger partial charge on any atom is 0.295 e. The molecule has 0 aliphatic carbocycles. The summed E-state index contributed by atoms with van der Waals surface area (Å²) in [5, 5.41) is 11.2. The first-order valence-corrected chi connectivity index (χ1v) is 12.8. The van der Waals surface area contributed by atoms with Crippen molar-refractivity contribution in [1.82, 2.24) is 14.1 Å². The van der Waals surface area contributed by atoms with Gasteiger partial charge in [-0.2, -0.15) is 0 Å². The molecule has 9 heteroatoms. The Morgan fingerprint density at radius 3 is 2.14 bits per heavy atom. The molecule has 0 radical (unpaired) electrons. The number of aliphatic hydroxyl groups is 1. The first-order valence-electron chi connectivity index (χ1n) is 11.4. The topological polar surface area (TPSA) is 98.2 Å². The molecule has 0 bridgehead atoms. The van der Waals surface area contributed by atoms with Crippen molar-refractivity contribution in [3.05, 3.63) is 70.3 Å². The Morgan fingerprint density at radius 2 is 1.60 bits per heavy atom. The number of rotatable bonds is 8. The van der Waals surface area contributed by atoms with E-state index in [0.717, 1.165) is 27.5 Å². The quantitative estimate of drug-likeness (QED) is 0.341. The predicted molar refractivity (Wildman–Crippen MR) is 135 cm³/mol. The minimum absolute atomic E-state index is 0.00585. The van der Waals surface area contributed by atoms with E-state index < -0.39 is 27.8 Å². The second kappa shape index (κ2) is 10.3. The van der Waals surface area contributed by atoms with E-state index in [1.54, 1.807) is 0 Å². The molecule has 2 aromatic carbocycles. The zero-order valence-corrected chi connectivity index (χ0v) is 21.9. The van der Waals surface area contributed by atoms with E-state index in [4.69, 9.17) is 0 Å². The Hall–Kier alpha value is -3.01. The van der Waals surface area contributed by atoms with Gasteiger partial charge in [0.2, 0.25) is 10.0 Å². The van der Waals surface area contributed by atoms with Gasteiger partial charge >= 0.3 is 0 Å². The normalized spacial score (nSPS) is 18.2. The maximum atomic E-state index is 13.2. The molecule has 1 saturated heterocycles. The highest BCUT2D eigenvalue weighted by Crippen LogP contribution is 2.40. The van der Waals surface area contributed by atoms with Gasteiger partial charge < -0.3 is 14.9 Å². The van der Waals surface area contributed by atoms with Crippen LogP contribution in [0.25, 0.3) is 5.76 Å². The number of sulfonamides is 1. The SMILES string of the molecule is Cc1ccc(C2C(=C(O)c3ccc(S(=O)(=O)N(C)C)cc3)C(=O)C(=O)N2CCCN(C)C)cc1C. The number of ketones is 1. The van der Waals surface area contributed by atoms with Crippen LogP contribution in [0.2, 0.25) is 0 Å². The fourth-order valence-electron chi connectivity index (χ4n) is 4.10. The monoisotopic (exact) mass is 499 g/mol. The van der Waals surface area contributed by atoms with Gasteiger partial charge in [-0.25, -0.2) is 12.7 Å². The third kappa shape index (κ3) is 5.32. The number of Topliss-reactive ketones (excluding diaryl/α,β-unsaturated/α-hetero) is 1. The zero-order valence-electron chi connectivity index (χ0n) is 21.1. The molecule has 1 N–H and O–H groups in total. The number of hydrogen-bond acceptors (Lipinski definition) is 6. The molecule has 2 aromatic rings. The molecular weight excluding hydrogens is 466 g/mol. The van der Waals surface area contributed by atoms with Gasteiger partial charge in [0.05, 0.1) is 16.5 Å². The summed E-state index contributed by atoms with van der Waals surface area (Å²) in [5.74, 6) is -1.73. The fourth-order valence-corrected chi connectivity index (χ4v) is 5.00. The first kappa shape index (κ1) is 26.6. The Bertz CT molecular complexity index is 1260. The number of benzene rings is 2. The fraction of sp³-hybridized carbons (Fsp3) is 0.385. The van der Waals surface area contributed by atoms with Crippen molar-refractivity contribution in [2.75, 3.05) is 41.3 Å². The van der Waals surface area contributed by atoms with Gasteiger partial charge in [0.25, 0.3) is 11.7 Å². The standard InChI is InChI=1S/C26H33N3O5S/c1-17-8-9-20(16-18(17)2)23-22(25(31)26(32)29(23)15-7-14-27(3)4)24(30)19-10-12-21(13-11-19)35(33,34)28(5)6/h8-13,16,23,30H,7,14-15H2,1-6H3. The Labute approximate surface area is 207 Å². The highest BCUT2D eigenvalue weighted by Gasteiger charge is 2.45. The van der Waals surface area contributed by atoms with Gasteiger partial charge in [0, 0.05) is 26.2 Å². The van der Waals surface area contributed by atoms with Crippen LogP contribution in [0.5, 0.6) is 0 Å². The molecule has 1 aliphatic heterocycles. The Balaban J connectivity index is 2.11. The molecule has 1 aliphatic rings. The molecule has 1 unspecified atom stereocenters. The van der Waals surface area contributed by atoms with Crippen molar-refractivity contribution in [3.8, 4) is 0 Å². The molecule has 35 heavy (non-hydrogen) atoms. The summed E-state index contributed by atoms with van der Waals surface area (Å²) in [6.07, 6.45) is 0.665. The van der Waals surface area contributed by atoms with E-state index in [1.807, 2.05) is 51.0 Å². The molecule has 0 spiro atoms. The molecule has 0 aromatic heterocycles. The third-order valence-corrected chi connectivity index (χ3v) is 8.13. The van der Waals surface area contributed by atoms with Crippen LogP contribution in [-0.4, -0.2) is 80.6 Å². The summed E-state index contributed by atoms with van der Waals surface area (Å²) in [5.41, 5.74) is 3.11. The van der Waals surface area contributed by atoms with Crippen molar-refractivity contribution in [1.29, 1.82) is 0 Å². The number of carbonyl (C=O) groups excluding carboxylic acids is 2. The van der Waals surface area contributed by atoms with Crippen molar-refractivity contribution in [2.24, 2.45) is 0 Å². The molecule has 8 nitrogen and oxygen atoms in total. The molecule has 188 valence electrons. The zero-order chi connectivity index (χ0) is 26.1. The minimum atomic E-state index is -3.64. The van der Waals surface area contributed by atoms with Crippen LogP contribution in [-0.2, 0) is 19.6 Å². The summed E-state index contributed by atoms with van der Waals surface area (Å²) >= 11 is 0. The van der Waals surface area contributed by atoms with E-state index in [1.165, 1.54) is 43.3 Å². The lowest BCUT2D eigenvalue weighted by Gasteiger charge is -2.26. The number of hydrogen-bond donors (Lipinski definition) is 1. The minimum Gasteiger partial charge on any atom is -0.507 e. The highest BCUT2D eigenvalue weighted by molar-refractivity contribution is 7.89. The lowest BCUT2D eigenvalue weighted by molar-refractivity contribution is -0.139. The largest absolute Gasteiger partial charge is 0.507 e. The van der Waals surface area contributed by atoms with Gasteiger partial charge in [-0.05, 0) is 81.9 Å². The molecule has 0 saturated carbocycles.